The first kappa shape index (κ1) is 28.1. The molecule has 36 heavy (non-hydrogen) atoms. The number of halogens is 2. The van der Waals surface area contributed by atoms with Gasteiger partial charge in [-0.2, -0.15) is 0 Å². The second kappa shape index (κ2) is 14.9. The molecule has 0 unspecified atom stereocenters. The van der Waals surface area contributed by atoms with E-state index in [0.29, 0.717) is 28.8 Å². The summed E-state index contributed by atoms with van der Waals surface area (Å²) in [5, 5.41) is 4.30. The first-order valence-corrected chi connectivity index (χ1v) is 14.1. The van der Waals surface area contributed by atoms with Gasteiger partial charge >= 0.3 is 0 Å². The Balaban J connectivity index is 1.83. The highest BCUT2D eigenvalue weighted by molar-refractivity contribution is 7.99. The van der Waals surface area contributed by atoms with Crippen LogP contribution in [0.2, 0.25) is 10.0 Å². The number of carbonyl (C=O) groups excluding carboxylic acids is 2. The Hall–Kier alpha value is -2.47. The van der Waals surface area contributed by atoms with Crippen LogP contribution >= 0.6 is 35.0 Å². The van der Waals surface area contributed by atoms with Crippen LogP contribution in [0.25, 0.3) is 0 Å². The minimum absolute atomic E-state index is 0.0968. The molecule has 0 aromatic heterocycles. The molecule has 0 aliphatic heterocycles. The molecule has 0 saturated heterocycles. The highest BCUT2D eigenvalue weighted by atomic mass is 35.5. The molecule has 0 fully saturated rings. The first-order valence-electron chi connectivity index (χ1n) is 12.1. The van der Waals surface area contributed by atoms with Gasteiger partial charge in [0.15, 0.2) is 0 Å². The molecule has 4 nitrogen and oxygen atoms in total. The molecular weight excluding hydrogens is 511 g/mol. The molecule has 0 bridgehead atoms. The molecule has 0 heterocycles. The van der Waals surface area contributed by atoms with E-state index in [-0.39, 0.29) is 24.1 Å². The Labute approximate surface area is 228 Å². The quantitative estimate of drug-likeness (QED) is 0.242. The van der Waals surface area contributed by atoms with E-state index in [4.69, 9.17) is 23.2 Å². The number of unbranched alkanes of at least 4 members (excludes halogenated alkanes) is 1. The molecule has 3 aromatic rings. The Bertz CT molecular complexity index is 1110. The number of benzene rings is 3. The topological polar surface area (TPSA) is 49.4 Å². The summed E-state index contributed by atoms with van der Waals surface area (Å²) in [5.41, 5.74) is 2.90. The summed E-state index contributed by atoms with van der Waals surface area (Å²) in [4.78, 5) is 28.7. The molecule has 190 valence electrons. The average molecular weight is 544 g/mol. The lowest BCUT2D eigenvalue weighted by Crippen LogP contribution is -2.51. The van der Waals surface area contributed by atoms with Gasteiger partial charge in [-0.25, -0.2) is 0 Å². The maximum absolute atomic E-state index is 13.6. The van der Waals surface area contributed by atoms with E-state index >= 15 is 0 Å². The third-order valence-electron chi connectivity index (χ3n) is 5.81. The number of thioether (sulfide) groups is 1. The van der Waals surface area contributed by atoms with Gasteiger partial charge in [0.1, 0.15) is 6.04 Å². The van der Waals surface area contributed by atoms with Crippen LogP contribution in [0, 0.1) is 0 Å². The summed E-state index contributed by atoms with van der Waals surface area (Å²) in [6.45, 7) is 2.93. The van der Waals surface area contributed by atoms with Gasteiger partial charge < -0.3 is 10.2 Å². The predicted molar refractivity (Wildman–Crippen MR) is 151 cm³/mol. The predicted octanol–water partition coefficient (Wildman–Crippen LogP) is 6.78. The summed E-state index contributed by atoms with van der Waals surface area (Å²) >= 11 is 14.0. The van der Waals surface area contributed by atoms with E-state index in [1.54, 1.807) is 4.90 Å². The smallest absolute Gasteiger partial charge is 0.243 e. The molecule has 3 aromatic carbocycles. The number of carbonyl (C=O) groups is 2. The van der Waals surface area contributed by atoms with Crippen LogP contribution in [-0.2, 0) is 28.3 Å². The van der Waals surface area contributed by atoms with Gasteiger partial charge in [-0.1, -0.05) is 97.2 Å². The highest BCUT2D eigenvalue weighted by Gasteiger charge is 2.30. The van der Waals surface area contributed by atoms with Crippen molar-refractivity contribution in [3.05, 3.63) is 106 Å². The fourth-order valence-electron chi connectivity index (χ4n) is 3.79. The third kappa shape index (κ3) is 8.88. The number of hydrogen-bond donors (Lipinski definition) is 1. The zero-order chi connectivity index (χ0) is 25.8. The second-order valence-electron chi connectivity index (χ2n) is 8.58. The van der Waals surface area contributed by atoms with E-state index in [1.165, 1.54) is 11.8 Å². The lowest BCUT2D eigenvalue weighted by atomic mass is 10.0. The molecule has 0 saturated carbocycles. The zero-order valence-electron chi connectivity index (χ0n) is 20.5. The van der Waals surface area contributed by atoms with Crippen molar-refractivity contribution in [2.75, 3.05) is 12.3 Å². The lowest BCUT2D eigenvalue weighted by molar-refractivity contribution is -0.139. The highest BCUT2D eigenvalue weighted by Crippen LogP contribution is 2.22. The third-order valence-corrected chi connectivity index (χ3v) is 7.42. The van der Waals surface area contributed by atoms with E-state index in [2.05, 4.69) is 12.2 Å². The molecular formula is C29H32Cl2N2O2S. The minimum atomic E-state index is -0.649. The van der Waals surface area contributed by atoms with Crippen molar-refractivity contribution in [3.8, 4) is 0 Å². The number of amides is 2. The first-order chi connectivity index (χ1) is 17.5. The summed E-state index contributed by atoms with van der Waals surface area (Å²) in [6.07, 6.45) is 2.29. The number of nitrogens with zero attached hydrogens (tertiary/aromatic N) is 1. The summed E-state index contributed by atoms with van der Waals surface area (Å²) in [6, 6.07) is 24.2. The van der Waals surface area contributed by atoms with Crippen molar-refractivity contribution in [2.24, 2.45) is 0 Å². The van der Waals surface area contributed by atoms with E-state index in [1.807, 2.05) is 78.9 Å². The average Bonchev–Trinajstić information content (AvgIpc) is 2.89. The molecule has 0 aliphatic rings. The van der Waals surface area contributed by atoms with Gasteiger partial charge in [-0.05, 0) is 41.3 Å². The Morgan fingerprint density at radius 3 is 2.31 bits per heavy atom. The minimum Gasteiger partial charge on any atom is -0.354 e. The Morgan fingerprint density at radius 1 is 0.917 bits per heavy atom. The van der Waals surface area contributed by atoms with Crippen LogP contribution in [0.4, 0.5) is 0 Å². The van der Waals surface area contributed by atoms with Crippen molar-refractivity contribution < 1.29 is 9.59 Å². The number of rotatable bonds is 13. The standard InChI is InChI=1S/C29H32Cl2N2O2S/c1-2-3-17-32-29(35)27(18-22-9-5-4-6-10-22)33(19-24-11-7-8-12-26(24)31)28(34)21-36-20-23-13-15-25(30)16-14-23/h4-16,27H,2-3,17-21H2,1H3,(H,32,35)/t27-/m1/s1. The van der Waals surface area contributed by atoms with E-state index in [9.17, 15) is 9.59 Å². The van der Waals surface area contributed by atoms with Crippen LogP contribution in [0.15, 0.2) is 78.9 Å². The number of nitrogens with one attached hydrogen (secondary N) is 1. The van der Waals surface area contributed by atoms with E-state index in [0.717, 1.165) is 29.5 Å². The maximum atomic E-state index is 13.6. The second-order valence-corrected chi connectivity index (χ2v) is 10.4. The largest absolute Gasteiger partial charge is 0.354 e. The fourth-order valence-corrected chi connectivity index (χ4v) is 4.98. The Kier molecular flexibility index (Phi) is 11.7. The van der Waals surface area contributed by atoms with Crippen molar-refractivity contribution in [1.29, 1.82) is 0 Å². The van der Waals surface area contributed by atoms with Gasteiger partial charge in [-0.3, -0.25) is 9.59 Å². The van der Waals surface area contributed by atoms with Gasteiger partial charge in [0.2, 0.25) is 11.8 Å². The van der Waals surface area contributed by atoms with Crippen LogP contribution in [-0.4, -0.2) is 35.1 Å². The summed E-state index contributed by atoms with van der Waals surface area (Å²) in [5.74, 6) is 0.686. The molecule has 0 aliphatic carbocycles. The fraction of sp³-hybridized carbons (Fsp3) is 0.310. The normalized spacial score (nSPS) is 11.6. The van der Waals surface area contributed by atoms with Crippen molar-refractivity contribution >= 4 is 46.8 Å². The lowest BCUT2D eigenvalue weighted by Gasteiger charge is -2.32. The van der Waals surface area contributed by atoms with Crippen LogP contribution in [0.3, 0.4) is 0 Å². The molecule has 3 rings (SSSR count). The van der Waals surface area contributed by atoms with Crippen molar-refractivity contribution in [3.63, 3.8) is 0 Å². The molecule has 7 heteroatoms. The van der Waals surface area contributed by atoms with Gasteiger partial charge in [0.05, 0.1) is 5.75 Å². The zero-order valence-corrected chi connectivity index (χ0v) is 22.8. The van der Waals surface area contributed by atoms with Crippen LogP contribution in [0.1, 0.15) is 36.5 Å². The van der Waals surface area contributed by atoms with E-state index < -0.39 is 6.04 Å². The molecule has 1 N–H and O–H groups in total. The van der Waals surface area contributed by atoms with Gasteiger partial charge in [-0.15, -0.1) is 11.8 Å². The van der Waals surface area contributed by atoms with Gasteiger partial charge in [0.25, 0.3) is 0 Å². The SMILES string of the molecule is CCCCNC(=O)[C@@H](Cc1ccccc1)N(Cc1ccccc1Cl)C(=O)CSCc1ccc(Cl)cc1. The maximum Gasteiger partial charge on any atom is 0.243 e. The molecule has 0 spiro atoms. The van der Waals surface area contributed by atoms with Crippen molar-refractivity contribution in [1.82, 2.24) is 10.2 Å². The molecule has 0 radical (unpaired) electrons. The van der Waals surface area contributed by atoms with Crippen molar-refractivity contribution in [2.45, 2.75) is 44.5 Å². The van der Waals surface area contributed by atoms with Crippen LogP contribution in [0.5, 0.6) is 0 Å². The number of hydrogen-bond acceptors (Lipinski definition) is 3. The van der Waals surface area contributed by atoms with Crippen LogP contribution < -0.4 is 5.32 Å². The summed E-state index contributed by atoms with van der Waals surface area (Å²) in [7, 11) is 0. The molecule has 2 amide bonds. The molecule has 1 atom stereocenters. The summed E-state index contributed by atoms with van der Waals surface area (Å²) < 4.78 is 0. The Morgan fingerprint density at radius 2 is 1.61 bits per heavy atom. The monoisotopic (exact) mass is 542 g/mol. The van der Waals surface area contributed by atoms with Gasteiger partial charge in [0, 0.05) is 35.3 Å².